The van der Waals surface area contributed by atoms with Crippen molar-refractivity contribution < 1.29 is 9.90 Å². The molecule has 0 saturated heterocycles. The number of phenolic OH excluding ortho intramolecular Hbond substituents is 1. The highest BCUT2D eigenvalue weighted by atomic mass is 16.3. The fraction of sp³-hybridized carbons (Fsp3) is 0.533. The lowest BCUT2D eigenvalue weighted by molar-refractivity contribution is -0.122. The minimum Gasteiger partial charge on any atom is -0.508 e. The molecule has 3 N–H and O–H groups in total. The maximum atomic E-state index is 11.8. The van der Waals surface area contributed by atoms with Gasteiger partial charge in [-0.05, 0) is 25.3 Å². The fourth-order valence-electron chi connectivity index (χ4n) is 1.65. The van der Waals surface area contributed by atoms with Gasteiger partial charge >= 0.3 is 0 Å². The molecular weight excluding hydrogens is 240 g/mol. The summed E-state index contributed by atoms with van der Waals surface area (Å²) in [5, 5.41) is 15.6. The third-order valence-corrected chi connectivity index (χ3v) is 3.00. The van der Waals surface area contributed by atoms with Crippen molar-refractivity contribution in [3.05, 3.63) is 29.8 Å². The Morgan fingerprint density at radius 1 is 1.26 bits per heavy atom. The van der Waals surface area contributed by atoms with E-state index in [1.807, 2.05) is 19.1 Å². The predicted octanol–water partition coefficient (Wildman–Crippen LogP) is 2.03. The molecule has 0 fully saturated rings. The molecule has 0 heterocycles. The number of para-hydroxylation sites is 1. The predicted molar refractivity (Wildman–Crippen MR) is 76.9 cm³/mol. The lowest BCUT2D eigenvalue weighted by Crippen LogP contribution is -2.42. The SMILES string of the molecule is CC(C)CCNC(=O)C(C)NCc1ccccc1O. The summed E-state index contributed by atoms with van der Waals surface area (Å²) in [7, 11) is 0. The highest BCUT2D eigenvalue weighted by Crippen LogP contribution is 2.14. The number of amides is 1. The molecule has 1 aromatic rings. The molecule has 0 aliphatic carbocycles. The van der Waals surface area contributed by atoms with Gasteiger partial charge in [0.1, 0.15) is 5.75 Å². The fourth-order valence-corrected chi connectivity index (χ4v) is 1.65. The maximum absolute atomic E-state index is 11.8. The van der Waals surface area contributed by atoms with E-state index in [0.717, 1.165) is 12.0 Å². The standard InChI is InChI=1S/C15H24N2O2/c1-11(2)8-9-16-15(19)12(3)17-10-13-6-4-5-7-14(13)18/h4-7,11-12,17-18H,8-10H2,1-3H3,(H,16,19). The zero-order valence-electron chi connectivity index (χ0n) is 11.9. The zero-order chi connectivity index (χ0) is 14.3. The molecule has 4 heteroatoms. The maximum Gasteiger partial charge on any atom is 0.236 e. The average Bonchev–Trinajstić information content (AvgIpc) is 2.36. The van der Waals surface area contributed by atoms with Crippen LogP contribution in [0.1, 0.15) is 32.8 Å². The molecule has 4 nitrogen and oxygen atoms in total. The molecule has 106 valence electrons. The van der Waals surface area contributed by atoms with E-state index in [4.69, 9.17) is 0 Å². The Morgan fingerprint density at radius 3 is 2.58 bits per heavy atom. The number of rotatable bonds is 7. The minimum atomic E-state index is -0.272. The number of hydrogen-bond acceptors (Lipinski definition) is 3. The van der Waals surface area contributed by atoms with Gasteiger partial charge < -0.3 is 15.7 Å². The van der Waals surface area contributed by atoms with Crippen LogP contribution in [-0.4, -0.2) is 23.6 Å². The Kier molecular flexibility index (Phi) is 6.36. The van der Waals surface area contributed by atoms with E-state index in [2.05, 4.69) is 24.5 Å². The minimum absolute atomic E-state index is 0.00364. The van der Waals surface area contributed by atoms with Crippen molar-refractivity contribution >= 4 is 5.91 Å². The summed E-state index contributed by atoms with van der Waals surface area (Å²) in [5.41, 5.74) is 0.796. The zero-order valence-corrected chi connectivity index (χ0v) is 11.9. The van der Waals surface area contributed by atoms with Crippen molar-refractivity contribution in [3.8, 4) is 5.75 Å². The Bertz CT molecular complexity index is 405. The quantitative estimate of drug-likeness (QED) is 0.706. The first-order chi connectivity index (χ1) is 9.00. The van der Waals surface area contributed by atoms with Crippen LogP contribution in [0, 0.1) is 5.92 Å². The molecule has 0 radical (unpaired) electrons. The number of carbonyl (C=O) groups excluding carboxylic acids is 1. The Hall–Kier alpha value is -1.55. The second-order valence-corrected chi connectivity index (χ2v) is 5.20. The van der Waals surface area contributed by atoms with Crippen LogP contribution in [0.25, 0.3) is 0 Å². The molecule has 1 unspecified atom stereocenters. The molecule has 0 saturated carbocycles. The van der Waals surface area contributed by atoms with Crippen LogP contribution in [-0.2, 0) is 11.3 Å². The molecule has 0 aromatic heterocycles. The topological polar surface area (TPSA) is 61.4 Å². The van der Waals surface area contributed by atoms with E-state index in [0.29, 0.717) is 19.0 Å². The van der Waals surface area contributed by atoms with Gasteiger partial charge in [-0.2, -0.15) is 0 Å². The third-order valence-electron chi connectivity index (χ3n) is 3.00. The molecule has 0 aliphatic rings. The first-order valence-electron chi connectivity index (χ1n) is 6.78. The first kappa shape index (κ1) is 15.5. The second kappa shape index (κ2) is 7.79. The smallest absolute Gasteiger partial charge is 0.236 e. The van der Waals surface area contributed by atoms with Gasteiger partial charge in [0.15, 0.2) is 0 Å². The average molecular weight is 264 g/mol. The van der Waals surface area contributed by atoms with Gasteiger partial charge in [-0.3, -0.25) is 4.79 Å². The lowest BCUT2D eigenvalue weighted by atomic mass is 10.1. The van der Waals surface area contributed by atoms with Gasteiger partial charge in [0.25, 0.3) is 0 Å². The summed E-state index contributed by atoms with van der Waals surface area (Å²) in [6.45, 7) is 7.27. The van der Waals surface area contributed by atoms with Gasteiger partial charge in [0, 0.05) is 18.7 Å². The number of nitrogens with one attached hydrogen (secondary N) is 2. The Morgan fingerprint density at radius 2 is 1.95 bits per heavy atom. The molecule has 1 rings (SSSR count). The molecule has 1 atom stereocenters. The Labute approximate surface area is 115 Å². The van der Waals surface area contributed by atoms with Crippen molar-refractivity contribution in [1.82, 2.24) is 10.6 Å². The van der Waals surface area contributed by atoms with Gasteiger partial charge in [-0.1, -0.05) is 32.0 Å². The number of hydrogen-bond donors (Lipinski definition) is 3. The summed E-state index contributed by atoms with van der Waals surface area (Å²) < 4.78 is 0. The van der Waals surface area contributed by atoms with E-state index in [9.17, 15) is 9.90 Å². The molecule has 0 aliphatic heterocycles. The molecule has 1 amide bonds. The van der Waals surface area contributed by atoms with E-state index >= 15 is 0 Å². The van der Waals surface area contributed by atoms with Gasteiger partial charge in [-0.15, -0.1) is 0 Å². The second-order valence-electron chi connectivity index (χ2n) is 5.20. The highest BCUT2D eigenvalue weighted by Gasteiger charge is 2.12. The van der Waals surface area contributed by atoms with Gasteiger partial charge in [0.2, 0.25) is 5.91 Å². The van der Waals surface area contributed by atoms with E-state index < -0.39 is 0 Å². The van der Waals surface area contributed by atoms with Crippen LogP contribution in [0.2, 0.25) is 0 Å². The normalized spacial score (nSPS) is 12.4. The summed E-state index contributed by atoms with van der Waals surface area (Å²) >= 11 is 0. The van der Waals surface area contributed by atoms with E-state index in [-0.39, 0.29) is 17.7 Å². The van der Waals surface area contributed by atoms with Crippen LogP contribution in [0.4, 0.5) is 0 Å². The number of carbonyl (C=O) groups is 1. The number of benzene rings is 1. The van der Waals surface area contributed by atoms with Crippen molar-refractivity contribution in [3.63, 3.8) is 0 Å². The first-order valence-corrected chi connectivity index (χ1v) is 6.78. The summed E-state index contributed by atoms with van der Waals surface area (Å²) in [4.78, 5) is 11.8. The molecule has 0 spiro atoms. The monoisotopic (exact) mass is 264 g/mol. The van der Waals surface area contributed by atoms with Crippen molar-refractivity contribution in [2.24, 2.45) is 5.92 Å². The van der Waals surface area contributed by atoms with Crippen molar-refractivity contribution in [1.29, 1.82) is 0 Å². The van der Waals surface area contributed by atoms with Crippen LogP contribution in [0.5, 0.6) is 5.75 Å². The van der Waals surface area contributed by atoms with Gasteiger partial charge in [-0.25, -0.2) is 0 Å². The lowest BCUT2D eigenvalue weighted by Gasteiger charge is -2.15. The number of aromatic hydroxyl groups is 1. The van der Waals surface area contributed by atoms with E-state index in [1.165, 1.54) is 0 Å². The Balaban J connectivity index is 2.32. The highest BCUT2D eigenvalue weighted by molar-refractivity contribution is 5.81. The largest absolute Gasteiger partial charge is 0.508 e. The van der Waals surface area contributed by atoms with Crippen molar-refractivity contribution in [2.45, 2.75) is 39.8 Å². The van der Waals surface area contributed by atoms with Crippen molar-refractivity contribution in [2.75, 3.05) is 6.54 Å². The molecule has 1 aromatic carbocycles. The van der Waals surface area contributed by atoms with Crippen LogP contribution < -0.4 is 10.6 Å². The summed E-state index contributed by atoms with van der Waals surface area (Å²) in [6.07, 6.45) is 0.984. The number of phenols is 1. The van der Waals surface area contributed by atoms with E-state index in [1.54, 1.807) is 12.1 Å². The third kappa shape index (κ3) is 5.75. The van der Waals surface area contributed by atoms with Crippen LogP contribution >= 0.6 is 0 Å². The summed E-state index contributed by atoms with van der Waals surface area (Å²) in [5.74, 6) is 0.836. The molecule has 0 bridgehead atoms. The summed E-state index contributed by atoms with van der Waals surface area (Å²) in [6, 6.07) is 6.85. The van der Waals surface area contributed by atoms with Gasteiger partial charge in [0.05, 0.1) is 6.04 Å². The molecule has 19 heavy (non-hydrogen) atoms. The molecular formula is C15H24N2O2. The van der Waals surface area contributed by atoms with Crippen LogP contribution in [0.15, 0.2) is 24.3 Å². The van der Waals surface area contributed by atoms with Crippen LogP contribution in [0.3, 0.4) is 0 Å².